The quantitative estimate of drug-likeness (QED) is 0.723. The normalized spacial score (nSPS) is 13.2. The third kappa shape index (κ3) is 2.30. The minimum absolute atomic E-state index is 0.424. The standard InChI is InChI=1S/C8H16N4/c1-3-7(2)5-12-6-10-8(4-9)11-12/h6-7H,3-5,9H2,1-2H3. The maximum atomic E-state index is 5.39. The molecule has 0 bridgehead atoms. The molecule has 0 aliphatic heterocycles. The van der Waals surface area contributed by atoms with Gasteiger partial charge in [-0.05, 0) is 5.92 Å². The maximum absolute atomic E-state index is 5.39. The van der Waals surface area contributed by atoms with Crippen LogP contribution in [0.5, 0.6) is 0 Å². The molecule has 1 aromatic heterocycles. The molecular formula is C8H16N4. The van der Waals surface area contributed by atoms with Crippen molar-refractivity contribution in [2.24, 2.45) is 11.7 Å². The van der Waals surface area contributed by atoms with Crippen molar-refractivity contribution in [3.8, 4) is 0 Å². The van der Waals surface area contributed by atoms with Crippen molar-refractivity contribution in [2.75, 3.05) is 0 Å². The zero-order valence-electron chi connectivity index (χ0n) is 7.70. The van der Waals surface area contributed by atoms with Crippen molar-refractivity contribution in [3.05, 3.63) is 12.2 Å². The van der Waals surface area contributed by atoms with E-state index in [4.69, 9.17) is 5.73 Å². The lowest BCUT2D eigenvalue weighted by atomic mass is 10.1. The van der Waals surface area contributed by atoms with Crippen LogP contribution in [0, 0.1) is 5.92 Å². The SMILES string of the molecule is CCC(C)Cn1cnc(CN)n1. The fraction of sp³-hybridized carbons (Fsp3) is 0.750. The summed E-state index contributed by atoms with van der Waals surface area (Å²) in [7, 11) is 0. The van der Waals surface area contributed by atoms with Crippen molar-refractivity contribution < 1.29 is 0 Å². The summed E-state index contributed by atoms with van der Waals surface area (Å²) < 4.78 is 1.86. The van der Waals surface area contributed by atoms with E-state index in [1.165, 1.54) is 0 Å². The van der Waals surface area contributed by atoms with E-state index in [1.54, 1.807) is 6.33 Å². The van der Waals surface area contributed by atoms with Crippen molar-refractivity contribution in [3.63, 3.8) is 0 Å². The lowest BCUT2D eigenvalue weighted by Gasteiger charge is -2.06. The van der Waals surface area contributed by atoms with E-state index in [2.05, 4.69) is 23.9 Å². The third-order valence-corrected chi connectivity index (χ3v) is 1.96. The van der Waals surface area contributed by atoms with Crippen molar-refractivity contribution in [1.29, 1.82) is 0 Å². The van der Waals surface area contributed by atoms with Gasteiger partial charge in [0.25, 0.3) is 0 Å². The smallest absolute Gasteiger partial charge is 0.164 e. The Morgan fingerprint density at radius 3 is 2.92 bits per heavy atom. The van der Waals surface area contributed by atoms with Gasteiger partial charge in [-0.15, -0.1) is 0 Å². The predicted molar refractivity (Wildman–Crippen MR) is 47.4 cm³/mol. The van der Waals surface area contributed by atoms with Crippen LogP contribution in [0.15, 0.2) is 6.33 Å². The summed E-state index contributed by atoms with van der Waals surface area (Å²) in [6.07, 6.45) is 2.91. The highest BCUT2D eigenvalue weighted by Gasteiger charge is 2.02. The Kier molecular flexibility index (Phi) is 3.22. The van der Waals surface area contributed by atoms with Crippen LogP contribution in [-0.4, -0.2) is 14.8 Å². The minimum atomic E-state index is 0.424. The van der Waals surface area contributed by atoms with E-state index >= 15 is 0 Å². The molecular weight excluding hydrogens is 152 g/mol. The van der Waals surface area contributed by atoms with Gasteiger partial charge in [0.15, 0.2) is 5.82 Å². The van der Waals surface area contributed by atoms with Crippen LogP contribution in [0.1, 0.15) is 26.1 Å². The number of hydrogen-bond acceptors (Lipinski definition) is 3. The molecule has 4 nitrogen and oxygen atoms in total. The first-order valence-corrected chi connectivity index (χ1v) is 4.34. The van der Waals surface area contributed by atoms with Crippen molar-refractivity contribution in [2.45, 2.75) is 33.4 Å². The van der Waals surface area contributed by atoms with Crippen LogP contribution in [0.3, 0.4) is 0 Å². The molecule has 0 fully saturated rings. The Morgan fingerprint density at radius 2 is 2.42 bits per heavy atom. The average Bonchev–Trinajstić information content (AvgIpc) is 2.52. The van der Waals surface area contributed by atoms with E-state index in [9.17, 15) is 0 Å². The Hall–Kier alpha value is -0.900. The van der Waals surface area contributed by atoms with E-state index in [-0.39, 0.29) is 0 Å². The third-order valence-electron chi connectivity index (χ3n) is 1.96. The first kappa shape index (κ1) is 9.19. The average molecular weight is 168 g/mol. The van der Waals surface area contributed by atoms with Crippen LogP contribution in [0.2, 0.25) is 0 Å². The minimum Gasteiger partial charge on any atom is -0.324 e. The molecule has 0 aliphatic rings. The predicted octanol–water partition coefficient (Wildman–Crippen LogP) is 0.783. The molecule has 68 valence electrons. The summed E-state index contributed by atoms with van der Waals surface area (Å²) in [6, 6.07) is 0. The van der Waals surface area contributed by atoms with Crippen LogP contribution < -0.4 is 5.73 Å². The molecule has 0 radical (unpaired) electrons. The molecule has 4 heteroatoms. The highest BCUT2D eigenvalue weighted by atomic mass is 15.3. The Morgan fingerprint density at radius 1 is 1.67 bits per heavy atom. The van der Waals surface area contributed by atoms with Gasteiger partial charge >= 0.3 is 0 Å². The van der Waals surface area contributed by atoms with Gasteiger partial charge in [0, 0.05) is 6.54 Å². The van der Waals surface area contributed by atoms with E-state index in [0.717, 1.165) is 18.8 Å². The zero-order valence-corrected chi connectivity index (χ0v) is 7.70. The molecule has 0 aliphatic carbocycles. The van der Waals surface area contributed by atoms with Gasteiger partial charge in [-0.1, -0.05) is 20.3 Å². The number of aromatic nitrogens is 3. The highest BCUT2D eigenvalue weighted by molar-refractivity contribution is 4.79. The molecule has 1 unspecified atom stereocenters. The number of hydrogen-bond donors (Lipinski definition) is 1. The van der Waals surface area contributed by atoms with Gasteiger partial charge in [-0.2, -0.15) is 5.10 Å². The zero-order chi connectivity index (χ0) is 8.97. The van der Waals surface area contributed by atoms with Gasteiger partial charge < -0.3 is 5.73 Å². The van der Waals surface area contributed by atoms with Gasteiger partial charge in [0.1, 0.15) is 6.33 Å². The molecule has 0 saturated heterocycles. The Bertz CT molecular complexity index is 231. The second-order valence-corrected chi connectivity index (χ2v) is 3.10. The fourth-order valence-corrected chi connectivity index (χ4v) is 0.963. The van der Waals surface area contributed by atoms with E-state index < -0.39 is 0 Å². The summed E-state index contributed by atoms with van der Waals surface area (Å²) in [5.41, 5.74) is 5.39. The summed E-state index contributed by atoms with van der Waals surface area (Å²) in [5, 5.41) is 4.20. The first-order valence-electron chi connectivity index (χ1n) is 4.34. The molecule has 0 amide bonds. The monoisotopic (exact) mass is 168 g/mol. The Balaban J connectivity index is 2.52. The maximum Gasteiger partial charge on any atom is 0.164 e. The van der Waals surface area contributed by atoms with E-state index in [1.807, 2.05) is 4.68 Å². The molecule has 1 aromatic rings. The Labute approximate surface area is 72.8 Å². The molecule has 0 spiro atoms. The van der Waals surface area contributed by atoms with E-state index in [0.29, 0.717) is 12.5 Å². The number of nitrogens with zero attached hydrogens (tertiary/aromatic N) is 3. The summed E-state index contributed by atoms with van der Waals surface area (Å²) in [6.45, 7) is 5.73. The van der Waals surface area contributed by atoms with Crippen molar-refractivity contribution >= 4 is 0 Å². The topological polar surface area (TPSA) is 56.7 Å². The molecule has 0 saturated carbocycles. The summed E-state index contributed by atoms with van der Waals surface area (Å²) >= 11 is 0. The number of nitrogens with two attached hydrogens (primary N) is 1. The highest BCUT2D eigenvalue weighted by Crippen LogP contribution is 2.03. The van der Waals surface area contributed by atoms with Gasteiger partial charge in [0.2, 0.25) is 0 Å². The van der Waals surface area contributed by atoms with Crippen LogP contribution in [0.25, 0.3) is 0 Å². The largest absolute Gasteiger partial charge is 0.324 e. The van der Waals surface area contributed by atoms with Gasteiger partial charge in [0.05, 0.1) is 6.54 Å². The molecule has 1 atom stereocenters. The molecule has 1 rings (SSSR count). The molecule has 2 N–H and O–H groups in total. The number of rotatable bonds is 4. The van der Waals surface area contributed by atoms with Crippen LogP contribution in [0.4, 0.5) is 0 Å². The lowest BCUT2D eigenvalue weighted by Crippen LogP contribution is -2.08. The van der Waals surface area contributed by atoms with Crippen molar-refractivity contribution in [1.82, 2.24) is 14.8 Å². The second kappa shape index (κ2) is 4.21. The van der Waals surface area contributed by atoms with Gasteiger partial charge in [-0.25, -0.2) is 4.98 Å². The van der Waals surface area contributed by atoms with Crippen LogP contribution in [-0.2, 0) is 13.1 Å². The second-order valence-electron chi connectivity index (χ2n) is 3.10. The first-order chi connectivity index (χ1) is 5.76. The van der Waals surface area contributed by atoms with Crippen LogP contribution >= 0.6 is 0 Å². The molecule has 0 aromatic carbocycles. The fourth-order valence-electron chi connectivity index (χ4n) is 0.963. The summed E-state index contributed by atoms with van der Waals surface area (Å²) in [5.74, 6) is 1.37. The molecule has 1 heterocycles. The van der Waals surface area contributed by atoms with Gasteiger partial charge in [-0.3, -0.25) is 4.68 Å². The summed E-state index contributed by atoms with van der Waals surface area (Å²) in [4.78, 5) is 4.05. The lowest BCUT2D eigenvalue weighted by molar-refractivity contribution is 0.436. The molecule has 12 heavy (non-hydrogen) atoms.